The molecule has 0 amide bonds. The van der Waals surface area contributed by atoms with Gasteiger partial charge in [0.1, 0.15) is 0 Å². The van der Waals surface area contributed by atoms with Gasteiger partial charge in [-0.15, -0.1) is 0 Å². The molecular weight excluding hydrogens is 268 g/mol. The van der Waals surface area contributed by atoms with Crippen molar-refractivity contribution in [2.24, 2.45) is 0 Å². The lowest BCUT2D eigenvalue weighted by atomic mass is 10.1. The minimum absolute atomic E-state index is 0.0479. The highest BCUT2D eigenvalue weighted by molar-refractivity contribution is 6.41. The van der Waals surface area contributed by atoms with Crippen molar-refractivity contribution < 1.29 is 19.5 Å². The summed E-state index contributed by atoms with van der Waals surface area (Å²) in [5, 5.41) is 10.8. The van der Waals surface area contributed by atoms with Crippen LogP contribution in [-0.4, -0.2) is 17.5 Å². The minimum Gasteiger partial charge on any atom is -0.545 e. The fraction of sp³-hybridized carbons (Fsp3) is 0. The van der Waals surface area contributed by atoms with Crippen LogP contribution in [0.25, 0.3) is 6.08 Å². The maximum absolute atomic E-state index is 12.3. The zero-order chi connectivity index (χ0) is 15.0. The topological polar surface area (TPSA) is 74.3 Å². The molecule has 102 valence electrons. The van der Waals surface area contributed by atoms with E-state index in [4.69, 9.17) is 0 Å². The number of carboxylic acid groups (broad SMARTS) is 1. The summed E-state index contributed by atoms with van der Waals surface area (Å²) in [5.41, 5.74) is 1.01. The van der Waals surface area contributed by atoms with Gasteiger partial charge < -0.3 is 9.90 Å². The van der Waals surface area contributed by atoms with Crippen LogP contribution in [-0.2, 0) is 0 Å². The van der Waals surface area contributed by atoms with Crippen molar-refractivity contribution in [1.82, 2.24) is 0 Å². The first-order valence-electron chi connectivity index (χ1n) is 6.29. The summed E-state index contributed by atoms with van der Waals surface area (Å²) >= 11 is 0. The Balaban J connectivity index is 2.09. The third-order valence-corrected chi connectivity index (χ3v) is 3.34. The highest BCUT2D eigenvalue weighted by Crippen LogP contribution is 2.28. The Morgan fingerprint density at radius 2 is 1.57 bits per heavy atom. The Hall–Kier alpha value is -3.01. The van der Waals surface area contributed by atoms with Gasteiger partial charge in [-0.3, -0.25) is 9.59 Å². The predicted molar refractivity (Wildman–Crippen MR) is 73.9 cm³/mol. The molecule has 0 bridgehead atoms. The molecule has 4 heteroatoms. The van der Waals surface area contributed by atoms with Gasteiger partial charge in [0, 0.05) is 11.1 Å². The minimum atomic E-state index is -1.38. The van der Waals surface area contributed by atoms with E-state index in [0.717, 1.165) is 5.56 Å². The summed E-state index contributed by atoms with van der Waals surface area (Å²) in [5.74, 6) is -2.22. The van der Waals surface area contributed by atoms with Gasteiger partial charge >= 0.3 is 0 Å². The Morgan fingerprint density at radius 1 is 0.905 bits per heavy atom. The summed E-state index contributed by atoms with van der Waals surface area (Å²) in [4.78, 5) is 35.4. The van der Waals surface area contributed by atoms with Crippen molar-refractivity contribution >= 4 is 23.6 Å². The molecule has 0 saturated carbocycles. The molecule has 1 aliphatic rings. The molecule has 2 aromatic carbocycles. The standard InChI is InChI=1S/C17H10O4/c18-15-12-7-6-11(17(20)21)9-13(12)16(19)14(15)8-10-4-2-1-3-5-10/h1-9H,(H,20,21)/p-1/b14-8-. The van der Waals surface area contributed by atoms with Crippen molar-refractivity contribution in [1.29, 1.82) is 0 Å². The summed E-state index contributed by atoms with van der Waals surface area (Å²) in [6.45, 7) is 0. The average molecular weight is 277 g/mol. The first-order chi connectivity index (χ1) is 10.1. The zero-order valence-corrected chi connectivity index (χ0v) is 10.8. The largest absolute Gasteiger partial charge is 0.545 e. The van der Waals surface area contributed by atoms with E-state index in [1.807, 2.05) is 6.07 Å². The van der Waals surface area contributed by atoms with Crippen LogP contribution >= 0.6 is 0 Å². The Bertz CT molecular complexity index is 801. The van der Waals surface area contributed by atoms with Gasteiger partial charge in [-0.25, -0.2) is 0 Å². The van der Waals surface area contributed by atoms with E-state index in [-0.39, 0.29) is 28.0 Å². The summed E-state index contributed by atoms with van der Waals surface area (Å²) < 4.78 is 0. The number of aromatic carboxylic acids is 1. The number of carboxylic acids is 1. The van der Waals surface area contributed by atoms with Crippen LogP contribution < -0.4 is 5.11 Å². The third kappa shape index (κ3) is 2.17. The van der Waals surface area contributed by atoms with Crippen molar-refractivity contribution in [2.45, 2.75) is 0 Å². The normalized spacial score (nSPS) is 15.3. The van der Waals surface area contributed by atoms with Crippen LogP contribution in [0.1, 0.15) is 36.6 Å². The van der Waals surface area contributed by atoms with Crippen LogP contribution in [0.4, 0.5) is 0 Å². The lowest BCUT2D eigenvalue weighted by Gasteiger charge is -2.03. The van der Waals surface area contributed by atoms with Gasteiger partial charge in [0.15, 0.2) is 11.6 Å². The second-order valence-electron chi connectivity index (χ2n) is 4.67. The van der Waals surface area contributed by atoms with E-state index in [9.17, 15) is 19.5 Å². The summed E-state index contributed by atoms with van der Waals surface area (Å²) in [6, 6.07) is 12.8. The van der Waals surface area contributed by atoms with E-state index in [0.29, 0.717) is 0 Å². The van der Waals surface area contributed by atoms with E-state index >= 15 is 0 Å². The lowest BCUT2D eigenvalue weighted by molar-refractivity contribution is -0.255. The van der Waals surface area contributed by atoms with Crippen LogP contribution in [0.5, 0.6) is 0 Å². The zero-order valence-electron chi connectivity index (χ0n) is 10.8. The number of hydrogen-bond acceptors (Lipinski definition) is 4. The Kier molecular flexibility index (Phi) is 2.99. The number of benzene rings is 2. The van der Waals surface area contributed by atoms with Gasteiger partial charge in [0.25, 0.3) is 0 Å². The van der Waals surface area contributed by atoms with Gasteiger partial charge in [-0.05, 0) is 29.3 Å². The van der Waals surface area contributed by atoms with Gasteiger partial charge in [0.2, 0.25) is 0 Å². The number of Topliss-reactive ketones (excluding diaryl/α,β-unsaturated/α-hetero) is 2. The Morgan fingerprint density at radius 3 is 2.24 bits per heavy atom. The fourth-order valence-corrected chi connectivity index (χ4v) is 2.30. The number of fused-ring (bicyclic) bond motifs is 1. The molecule has 0 fully saturated rings. The monoisotopic (exact) mass is 277 g/mol. The van der Waals surface area contributed by atoms with E-state index in [1.165, 1.54) is 24.3 Å². The van der Waals surface area contributed by atoms with Crippen LogP contribution in [0.15, 0.2) is 54.1 Å². The molecule has 0 aliphatic heterocycles. The number of carbonyl (C=O) groups is 3. The first-order valence-corrected chi connectivity index (χ1v) is 6.29. The summed E-state index contributed by atoms with van der Waals surface area (Å²) in [6.07, 6.45) is 1.52. The molecule has 21 heavy (non-hydrogen) atoms. The smallest absolute Gasteiger partial charge is 0.197 e. The molecule has 0 radical (unpaired) electrons. The summed E-state index contributed by atoms with van der Waals surface area (Å²) in [7, 11) is 0. The highest BCUT2D eigenvalue weighted by Gasteiger charge is 2.33. The molecule has 0 heterocycles. The third-order valence-electron chi connectivity index (χ3n) is 3.34. The molecule has 3 rings (SSSR count). The van der Waals surface area contributed by atoms with Crippen molar-refractivity contribution in [3.05, 3.63) is 76.4 Å². The van der Waals surface area contributed by atoms with Crippen molar-refractivity contribution in [3.63, 3.8) is 0 Å². The molecule has 0 N–H and O–H groups in total. The van der Waals surface area contributed by atoms with E-state index in [2.05, 4.69) is 0 Å². The molecular formula is C17H9O4-. The Labute approximate surface area is 120 Å². The molecule has 0 aromatic heterocycles. The fourth-order valence-electron chi connectivity index (χ4n) is 2.30. The number of allylic oxidation sites excluding steroid dienone is 1. The van der Waals surface area contributed by atoms with Crippen LogP contribution in [0.3, 0.4) is 0 Å². The van der Waals surface area contributed by atoms with E-state index < -0.39 is 11.8 Å². The average Bonchev–Trinajstić information content (AvgIpc) is 2.73. The van der Waals surface area contributed by atoms with E-state index in [1.54, 1.807) is 24.3 Å². The molecule has 2 aromatic rings. The number of rotatable bonds is 2. The van der Waals surface area contributed by atoms with Gasteiger partial charge in [-0.1, -0.05) is 36.4 Å². The lowest BCUT2D eigenvalue weighted by Crippen LogP contribution is -2.22. The molecule has 1 aliphatic carbocycles. The number of ketones is 2. The highest BCUT2D eigenvalue weighted by atomic mass is 16.4. The van der Waals surface area contributed by atoms with Gasteiger partial charge in [-0.2, -0.15) is 0 Å². The van der Waals surface area contributed by atoms with Crippen molar-refractivity contribution in [3.8, 4) is 0 Å². The van der Waals surface area contributed by atoms with Crippen molar-refractivity contribution in [2.75, 3.05) is 0 Å². The number of carbonyl (C=O) groups excluding carboxylic acids is 3. The second-order valence-corrected chi connectivity index (χ2v) is 4.67. The molecule has 0 spiro atoms. The first kappa shape index (κ1) is 13.0. The van der Waals surface area contributed by atoms with Crippen LogP contribution in [0.2, 0.25) is 0 Å². The SMILES string of the molecule is O=C([O-])c1ccc2c(c1)C(=O)/C(=C\c1ccccc1)C2=O. The quantitative estimate of drug-likeness (QED) is 0.616. The molecule has 0 atom stereocenters. The maximum Gasteiger partial charge on any atom is 0.197 e. The molecule has 0 saturated heterocycles. The number of hydrogen-bond donors (Lipinski definition) is 0. The van der Waals surface area contributed by atoms with Gasteiger partial charge in [0.05, 0.1) is 11.5 Å². The molecule has 4 nitrogen and oxygen atoms in total. The predicted octanol–water partition coefficient (Wildman–Crippen LogP) is 1.51. The maximum atomic E-state index is 12.3. The molecule has 0 unspecified atom stereocenters. The second kappa shape index (κ2) is 4.83. The van der Waals surface area contributed by atoms with Crippen LogP contribution in [0, 0.1) is 0 Å².